The van der Waals surface area contributed by atoms with Crippen LogP contribution in [-0.2, 0) is 14.8 Å². The third-order valence-corrected chi connectivity index (χ3v) is 7.95. The topological polar surface area (TPSA) is 87.7 Å². The number of aromatic nitrogens is 2. The van der Waals surface area contributed by atoms with Crippen molar-refractivity contribution in [3.8, 4) is 0 Å². The van der Waals surface area contributed by atoms with E-state index < -0.39 is 10.0 Å². The van der Waals surface area contributed by atoms with Crippen molar-refractivity contribution < 1.29 is 13.2 Å². The van der Waals surface area contributed by atoms with Gasteiger partial charge in [0.05, 0.1) is 4.90 Å². The van der Waals surface area contributed by atoms with Crippen LogP contribution >= 0.6 is 11.6 Å². The summed E-state index contributed by atoms with van der Waals surface area (Å²) < 4.78 is 34.3. The Morgan fingerprint density at radius 1 is 1.13 bits per heavy atom. The lowest BCUT2D eigenvalue weighted by atomic mass is 10.1. The summed E-state index contributed by atoms with van der Waals surface area (Å²) in [7, 11) is -3.62. The normalized spacial score (nSPS) is 18.5. The van der Waals surface area contributed by atoms with E-state index in [1.165, 1.54) is 12.8 Å². The van der Waals surface area contributed by atoms with Crippen LogP contribution in [0.25, 0.3) is 0 Å². The second-order valence-corrected chi connectivity index (χ2v) is 10.1. The van der Waals surface area contributed by atoms with Crippen molar-refractivity contribution in [2.45, 2.75) is 36.6 Å². The molecule has 168 valence electrons. The molecule has 0 atom stereocenters. The monoisotopic (exact) mass is 465 g/mol. The van der Waals surface area contributed by atoms with Gasteiger partial charge in [-0.3, -0.25) is 0 Å². The van der Waals surface area contributed by atoms with Crippen LogP contribution in [0.1, 0.15) is 25.7 Å². The summed E-state index contributed by atoms with van der Waals surface area (Å²) in [6.45, 7) is 4.57. The second-order valence-electron chi connectivity index (χ2n) is 7.86. The molecular weight excluding hydrogens is 438 g/mol. The fourth-order valence-corrected chi connectivity index (χ4v) is 5.90. The van der Waals surface area contributed by atoms with E-state index in [1.807, 2.05) is 0 Å². The van der Waals surface area contributed by atoms with Gasteiger partial charge < -0.3 is 15.0 Å². The molecule has 2 aromatic rings. The second kappa shape index (κ2) is 10.2. The molecule has 2 aliphatic heterocycles. The van der Waals surface area contributed by atoms with E-state index in [4.69, 9.17) is 16.3 Å². The Hall–Kier alpha value is -1.78. The maximum Gasteiger partial charge on any atom is 0.243 e. The van der Waals surface area contributed by atoms with Gasteiger partial charge in [-0.15, -0.1) is 0 Å². The van der Waals surface area contributed by atoms with E-state index in [9.17, 15) is 8.42 Å². The van der Waals surface area contributed by atoms with Crippen molar-refractivity contribution in [3.05, 3.63) is 41.7 Å². The molecule has 2 aliphatic rings. The maximum atomic E-state index is 13.6. The molecule has 0 aliphatic carbocycles. The number of likely N-dealkylation sites (tertiary alicyclic amines) is 1. The number of nitrogens with one attached hydrogen (secondary N) is 1. The quantitative estimate of drug-likeness (QED) is 0.599. The summed E-state index contributed by atoms with van der Waals surface area (Å²) in [5.74, 6) is 0.359. The van der Waals surface area contributed by atoms with Gasteiger partial charge in [0.25, 0.3) is 0 Å². The standard InChI is InChI=1S/C21H28ClN5O3S/c22-20-7-10-23-21(25-20)24-17-3-5-19(6-4-17)31(28,29)27(18-8-15-30-16-9-18)14-13-26-11-1-2-12-26/h3-7,10,18H,1-2,8-9,11-16H2,(H,23,24,25). The minimum atomic E-state index is -3.62. The van der Waals surface area contributed by atoms with E-state index in [-0.39, 0.29) is 10.9 Å². The average Bonchev–Trinajstić information content (AvgIpc) is 3.29. The zero-order valence-corrected chi connectivity index (χ0v) is 19.0. The highest BCUT2D eigenvalue weighted by Crippen LogP contribution is 2.25. The molecule has 0 spiro atoms. The Bertz CT molecular complexity index is 961. The smallest absolute Gasteiger partial charge is 0.243 e. The molecule has 1 aromatic carbocycles. The van der Waals surface area contributed by atoms with Gasteiger partial charge in [0.1, 0.15) is 5.15 Å². The number of benzene rings is 1. The summed E-state index contributed by atoms with van der Waals surface area (Å²) in [6, 6.07) is 8.27. The van der Waals surface area contributed by atoms with Gasteiger partial charge in [-0.1, -0.05) is 11.6 Å². The first-order chi connectivity index (χ1) is 15.0. The average molecular weight is 466 g/mol. The molecule has 31 heavy (non-hydrogen) atoms. The minimum Gasteiger partial charge on any atom is -0.381 e. The van der Waals surface area contributed by atoms with Crippen LogP contribution < -0.4 is 5.32 Å². The lowest BCUT2D eigenvalue weighted by Crippen LogP contribution is -2.46. The molecule has 2 fully saturated rings. The van der Waals surface area contributed by atoms with E-state index >= 15 is 0 Å². The van der Waals surface area contributed by atoms with Crippen molar-refractivity contribution in [1.29, 1.82) is 0 Å². The lowest BCUT2D eigenvalue weighted by Gasteiger charge is -2.34. The molecule has 0 radical (unpaired) electrons. The van der Waals surface area contributed by atoms with E-state index in [2.05, 4.69) is 20.2 Å². The molecule has 0 unspecified atom stereocenters. The molecule has 3 heterocycles. The van der Waals surface area contributed by atoms with E-state index in [0.29, 0.717) is 36.5 Å². The number of ether oxygens (including phenoxy) is 1. The number of nitrogens with zero attached hydrogens (tertiary/aromatic N) is 4. The summed E-state index contributed by atoms with van der Waals surface area (Å²) in [4.78, 5) is 10.8. The number of halogens is 1. The Balaban J connectivity index is 1.50. The van der Waals surface area contributed by atoms with Crippen molar-refractivity contribution >= 4 is 33.3 Å². The fraction of sp³-hybridized carbons (Fsp3) is 0.524. The predicted octanol–water partition coefficient (Wildman–Crippen LogP) is 3.14. The Morgan fingerprint density at radius 2 is 1.84 bits per heavy atom. The summed E-state index contributed by atoms with van der Waals surface area (Å²) in [5.41, 5.74) is 0.691. The highest BCUT2D eigenvalue weighted by atomic mass is 35.5. The number of rotatable bonds is 8. The van der Waals surface area contributed by atoms with Crippen molar-refractivity contribution in [1.82, 2.24) is 19.2 Å². The van der Waals surface area contributed by atoms with Gasteiger partial charge in [-0.25, -0.2) is 18.4 Å². The zero-order valence-electron chi connectivity index (χ0n) is 17.4. The summed E-state index contributed by atoms with van der Waals surface area (Å²) in [5, 5.41) is 3.37. The third kappa shape index (κ3) is 5.72. The first-order valence-corrected chi connectivity index (χ1v) is 12.5. The van der Waals surface area contributed by atoms with Crippen LogP contribution in [0.15, 0.2) is 41.4 Å². The molecule has 1 aromatic heterocycles. The molecule has 8 nitrogen and oxygen atoms in total. The number of hydrogen-bond acceptors (Lipinski definition) is 7. The largest absolute Gasteiger partial charge is 0.381 e. The molecule has 0 bridgehead atoms. The van der Waals surface area contributed by atoms with Crippen LogP contribution in [0.5, 0.6) is 0 Å². The number of anilines is 2. The molecule has 1 N–H and O–H groups in total. The lowest BCUT2D eigenvalue weighted by molar-refractivity contribution is 0.0568. The van der Waals surface area contributed by atoms with Crippen LogP contribution in [0.2, 0.25) is 5.15 Å². The van der Waals surface area contributed by atoms with Crippen LogP contribution in [0.3, 0.4) is 0 Å². The molecule has 0 amide bonds. The molecule has 0 saturated carbocycles. The van der Waals surface area contributed by atoms with Crippen LogP contribution in [-0.4, -0.2) is 73.0 Å². The Kier molecular flexibility index (Phi) is 7.39. The molecular formula is C21H28ClN5O3S. The van der Waals surface area contributed by atoms with Crippen molar-refractivity contribution in [2.24, 2.45) is 0 Å². The Morgan fingerprint density at radius 3 is 2.52 bits per heavy atom. The van der Waals surface area contributed by atoms with Gasteiger partial charge in [0.2, 0.25) is 16.0 Å². The van der Waals surface area contributed by atoms with E-state index in [0.717, 1.165) is 32.5 Å². The van der Waals surface area contributed by atoms with Gasteiger partial charge in [0.15, 0.2) is 0 Å². The third-order valence-electron chi connectivity index (χ3n) is 5.77. The summed E-state index contributed by atoms with van der Waals surface area (Å²) in [6.07, 6.45) is 5.39. The Labute approximate surface area is 188 Å². The maximum absolute atomic E-state index is 13.6. The SMILES string of the molecule is O=S(=O)(c1ccc(Nc2nccc(Cl)n2)cc1)N(CCN1CCCC1)C1CCOCC1. The van der Waals surface area contributed by atoms with Crippen LogP contribution in [0.4, 0.5) is 11.6 Å². The van der Waals surface area contributed by atoms with Gasteiger partial charge >= 0.3 is 0 Å². The van der Waals surface area contributed by atoms with Crippen LogP contribution in [0, 0.1) is 0 Å². The minimum absolute atomic E-state index is 0.0287. The fourth-order valence-electron chi connectivity index (χ4n) is 4.09. The predicted molar refractivity (Wildman–Crippen MR) is 120 cm³/mol. The van der Waals surface area contributed by atoms with Crippen molar-refractivity contribution in [3.63, 3.8) is 0 Å². The van der Waals surface area contributed by atoms with Crippen molar-refractivity contribution in [2.75, 3.05) is 44.7 Å². The van der Waals surface area contributed by atoms with E-state index in [1.54, 1.807) is 40.8 Å². The molecule has 10 heteroatoms. The molecule has 2 saturated heterocycles. The summed E-state index contributed by atoms with van der Waals surface area (Å²) >= 11 is 5.89. The highest BCUT2D eigenvalue weighted by Gasteiger charge is 2.33. The first kappa shape index (κ1) is 22.4. The van der Waals surface area contributed by atoms with Gasteiger partial charge in [0, 0.05) is 44.2 Å². The number of sulfonamides is 1. The van der Waals surface area contributed by atoms with Gasteiger partial charge in [-0.05, 0) is 69.1 Å². The van der Waals surface area contributed by atoms with Gasteiger partial charge in [-0.2, -0.15) is 4.31 Å². The zero-order chi connectivity index (χ0) is 21.7. The highest BCUT2D eigenvalue weighted by molar-refractivity contribution is 7.89. The first-order valence-electron chi connectivity index (χ1n) is 10.7. The number of hydrogen-bond donors (Lipinski definition) is 1. The molecule has 4 rings (SSSR count).